The molecule has 2 N–H and O–H groups in total. The molecule has 4 amide bonds. The highest BCUT2D eigenvalue weighted by atomic mass is 16.5. The molecule has 1 aromatic heterocycles. The summed E-state index contributed by atoms with van der Waals surface area (Å²) in [6.07, 6.45) is 2.71. The van der Waals surface area contributed by atoms with Crippen LogP contribution in [-0.4, -0.2) is 42.2 Å². The third-order valence-corrected chi connectivity index (χ3v) is 8.54. The Bertz CT molecular complexity index is 1560. The van der Waals surface area contributed by atoms with Crippen molar-refractivity contribution in [3.63, 3.8) is 0 Å². The summed E-state index contributed by atoms with van der Waals surface area (Å²) < 4.78 is 11.7. The molecule has 4 aliphatic rings. The minimum Gasteiger partial charge on any atom is -0.497 e. The van der Waals surface area contributed by atoms with E-state index >= 15 is 0 Å². The third kappa shape index (κ3) is 3.03. The lowest BCUT2D eigenvalue weighted by atomic mass is 9.82. The average molecular weight is 500 g/mol. The number of furan rings is 1. The molecule has 2 fully saturated rings. The summed E-state index contributed by atoms with van der Waals surface area (Å²) in [7, 11) is 1.54. The number of fused-ring (bicyclic) bond motifs is 5. The lowest BCUT2D eigenvalue weighted by Crippen LogP contribution is -2.46. The van der Waals surface area contributed by atoms with Gasteiger partial charge in [-0.3, -0.25) is 24.5 Å². The lowest BCUT2D eigenvalue weighted by Gasteiger charge is -2.28. The van der Waals surface area contributed by atoms with Gasteiger partial charge in [0.2, 0.25) is 17.7 Å². The van der Waals surface area contributed by atoms with E-state index in [2.05, 4.69) is 10.6 Å². The smallest absolute Gasteiger partial charge is 0.254 e. The van der Waals surface area contributed by atoms with Gasteiger partial charge in [0.25, 0.3) is 5.91 Å². The summed E-state index contributed by atoms with van der Waals surface area (Å²) >= 11 is 0. The highest BCUT2D eigenvalue weighted by Crippen LogP contribution is 2.47. The molecule has 37 heavy (non-hydrogen) atoms. The summed E-state index contributed by atoms with van der Waals surface area (Å²) in [5, 5.41) is 6.43. The van der Waals surface area contributed by atoms with Crippen LogP contribution in [0.15, 0.2) is 40.8 Å². The maximum Gasteiger partial charge on any atom is 0.254 e. The van der Waals surface area contributed by atoms with E-state index in [1.165, 1.54) is 0 Å². The van der Waals surface area contributed by atoms with E-state index in [4.69, 9.17) is 9.15 Å². The summed E-state index contributed by atoms with van der Waals surface area (Å²) in [4.78, 5) is 52.7. The van der Waals surface area contributed by atoms with E-state index in [0.29, 0.717) is 35.6 Å². The van der Waals surface area contributed by atoms with Crippen molar-refractivity contribution in [2.45, 2.75) is 49.6 Å². The van der Waals surface area contributed by atoms with E-state index in [0.717, 1.165) is 41.3 Å². The zero-order valence-electron chi connectivity index (χ0n) is 20.3. The predicted octanol–water partition coefficient (Wildman–Crippen LogP) is 2.43. The second-order valence-corrected chi connectivity index (χ2v) is 10.6. The molecule has 3 aliphatic heterocycles. The number of carbonyl (C=O) groups is 4. The van der Waals surface area contributed by atoms with Crippen molar-refractivity contribution in [2.75, 3.05) is 13.7 Å². The van der Waals surface area contributed by atoms with Crippen LogP contribution in [0.4, 0.5) is 0 Å². The molecule has 7 rings (SSSR count). The van der Waals surface area contributed by atoms with Gasteiger partial charge in [-0.2, -0.15) is 0 Å². The molecule has 1 unspecified atom stereocenters. The fourth-order valence-electron chi connectivity index (χ4n) is 6.64. The van der Waals surface area contributed by atoms with Gasteiger partial charge in [-0.05, 0) is 48.6 Å². The topological polar surface area (TPSA) is 118 Å². The van der Waals surface area contributed by atoms with Crippen LogP contribution in [0.25, 0.3) is 11.0 Å². The lowest BCUT2D eigenvalue weighted by molar-refractivity contribution is -0.127. The molecule has 2 aromatic carbocycles. The van der Waals surface area contributed by atoms with Crippen molar-refractivity contribution >= 4 is 34.6 Å². The monoisotopic (exact) mass is 499 g/mol. The molecule has 0 saturated carbocycles. The zero-order chi connectivity index (χ0) is 25.5. The standard InChI is InChI=1S/C28H25N3O6/c1-36-17-4-2-16-13-31(25(34)19(16)11-17)14-27(12-23(33)29-26(27)35)21-10-15-3-5-20-18(24(15)37-21)6-8-28(20)9-7-22(32)30-28/h2-5,10-11H,6-9,12-14H2,1H3,(H,30,32)(H,29,33,35)/t27-,28?/m1/s1. The first-order valence-electron chi connectivity index (χ1n) is 12.5. The second kappa shape index (κ2) is 7.44. The summed E-state index contributed by atoms with van der Waals surface area (Å²) in [5.74, 6) is -0.0570. The van der Waals surface area contributed by atoms with Gasteiger partial charge in [-0.1, -0.05) is 18.2 Å². The number of carbonyl (C=O) groups excluding carboxylic acids is 4. The van der Waals surface area contributed by atoms with Crippen LogP contribution in [0, 0.1) is 0 Å². The molecule has 4 heterocycles. The minimum absolute atomic E-state index is 0.0163. The molecule has 1 spiro atoms. The van der Waals surface area contributed by atoms with E-state index in [-0.39, 0.29) is 30.3 Å². The van der Waals surface area contributed by atoms with Gasteiger partial charge in [0, 0.05) is 36.0 Å². The Labute approximate surface area is 212 Å². The van der Waals surface area contributed by atoms with Crippen molar-refractivity contribution in [3.8, 4) is 5.75 Å². The first-order chi connectivity index (χ1) is 17.8. The first-order valence-corrected chi connectivity index (χ1v) is 12.5. The molecule has 2 saturated heterocycles. The maximum atomic E-state index is 13.3. The molecule has 9 heteroatoms. The Balaban J connectivity index is 1.29. The van der Waals surface area contributed by atoms with Gasteiger partial charge in [-0.15, -0.1) is 0 Å². The third-order valence-electron chi connectivity index (χ3n) is 8.54. The van der Waals surface area contributed by atoms with Gasteiger partial charge in [0.15, 0.2) is 0 Å². The first kappa shape index (κ1) is 22.1. The van der Waals surface area contributed by atoms with E-state index in [1.54, 1.807) is 24.1 Å². The van der Waals surface area contributed by atoms with Crippen molar-refractivity contribution in [3.05, 3.63) is 64.4 Å². The van der Waals surface area contributed by atoms with Crippen molar-refractivity contribution in [1.29, 1.82) is 0 Å². The molecular formula is C28H25N3O6. The van der Waals surface area contributed by atoms with Crippen LogP contribution in [0.2, 0.25) is 0 Å². The molecule has 9 nitrogen and oxygen atoms in total. The Kier molecular flexibility index (Phi) is 4.44. The number of ether oxygens (including phenoxy) is 1. The van der Waals surface area contributed by atoms with Gasteiger partial charge in [-0.25, -0.2) is 0 Å². The number of benzene rings is 2. The highest BCUT2D eigenvalue weighted by Gasteiger charge is 2.53. The van der Waals surface area contributed by atoms with Crippen molar-refractivity contribution in [2.24, 2.45) is 0 Å². The number of methoxy groups -OCH3 is 1. The molecule has 188 valence electrons. The number of hydrogen-bond acceptors (Lipinski definition) is 6. The highest BCUT2D eigenvalue weighted by molar-refractivity contribution is 6.10. The minimum atomic E-state index is -1.33. The number of aryl methyl sites for hydroxylation is 1. The summed E-state index contributed by atoms with van der Waals surface area (Å²) in [5.41, 5.74) is 2.46. The molecule has 0 bridgehead atoms. The molecule has 2 atom stereocenters. The SMILES string of the molecule is COc1ccc2c(c1)C(=O)N(C[C@@]1(c3cc4ccc5c(c4o3)CCC53CCC(=O)N3)CC(=O)NC1=O)C2. The normalized spacial score (nSPS) is 26.2. The summed E-state index contributed by atoms with van der Waals surface area (Å²) in [6.45, 7) is 0.349. The van der Waals surface area contributed by atoms with Crippen molar-refractivity contribution < 1.29 is 28.3 Å². The molecule has 3 aromatic rings. The Morgan fingerprint density at radius 3 is 2.59 bits per heavy atom. The molecule has 1 aliphatic carbocycles. The predicted molar refractivity (Wildman–Crippen MR) is 131 cm³/mol. The average Bonchev–Trinajstić information content (AvgIpc) is 3.68. The molecule has 0 radical (unpaired) electrons. The maximum absolute atomic E-state index is 13.3. The summed E-state index contributed by atoms with van der Waals surface area (Å²) in [6, 6.07) is 11.2. The van der Waals surface area contributed by atoms with Gasteiger partial charge < -0.3 is 19.4 Å². The number of imide groups is 1. The largest absolute Gasteiger partial charge is 0.497 e. The van der Waals surface area contributed by atoms with Crippen molar-refractivity contribution in [1.82, 2.24) is 15.5 Å². The number of rotatable bonds is 4. The van der Waals surface area contributed by atoms with Crippen LogP contribution >= 0.6 is 0 Å². The Hall–Kier alpha value is -4.14. The number of nitrogens with zero attached hydrogens (tertiary/aromatic N) is 1. The number of nitrogens with one attached hydrogen (secondary N) is 2. The quantitative estimate of drug-likeness (QED) is 0.533. The van der Waals surface area contributed by atoms with Crippen LogP contribution in [0.1, 0.15) is 58.5 Å². The van der Waals surface area contributed by atoms with Crippen LogP contribution < -0.4 is 15.4 Å². The number of hydrogen-bond donors (Lipinski definition) is 2. The van der Waals surface area contributed by atoms with Gasteiger partial charge >= 0.3 is 0 Å². The van der Waals surface area contributed by atoms with Crippen LogP contribution in [-0.2, 0) is 38.3 Å². The van der Waals surface area contributed by atoms with E-state index < -0.39 is 17.2 Å². The zero-order valence-corrected chi connectivity index (χ0v) is 20.3. The fraction of sp³-hybridized carbons (Fsp3) is 0.357. The fourth-order valence-corrected chi connectivity index (χ4v) is 6.64. The van der Waals surface area contributed by atoms with Crippen LogP contribution in [0.5, 0.6) is 5.75 Å². The Morgan fingerprint density at radius 2 is 1.86 bits per heavy atom. The van der Waals surface area contributed by atoms with Gasteiger partial charge in [0.1, 0.15) is 22.5 Å². The van der Waals surface area contributed by atoms with Crippen LogP contribution in [0.3, 0.4) is 0 Å². The Morgan fingerprint density at radius 1 is 1.03 bits per heavy atom. The number of amides is 4. The second-order valence-electron chi connectivity index (χ2n) is 10.6. The van der Waals surface area contributed by atoms with Gasteiger partial charge in [0.05, 0.1) is 19.1 Å². The molecular weight excluding hydrogens is 474 g/mol. The van der Waals surface area contributed by atoms with E-state index in [1.807, 2.05) is 24.3 Å². The van der Waals surface area contributed by atoms with E-state index in [9.17, 15) is 19.2 Å².